The molecule has 0 saturated heterocycles. The second-order valence-corrected chi connectivity index (χ2v) is 4.76. The Labute approximate surface area is 117 Å². The summed E-state index contributed by atoms with van der Waals surface area (Å²) in [6, 6.07) is 5.15. The summed E-state index contributed by atoms with van der Waals surface area (Å²) in [5.74, 6) is -1.59. The lowest BCUT2D eigenvalue weighted by Gasteiger charge is -2.15. The number of carboxylic acid groups (broad SMARTS) is 1. The number of hydrogen-bond donors (Lipinski definition) is 1. The fourth-order valence-corrected chi connectivity index (χ4v) is 2.29. The summed E-state index contributed by atoms with van der Waals surface area (Å²) in [6.07, 6.45) is 2.77. The van der Waals surface area contributed by atoms with Gasteiger partial charge in [-0.05, 0) is 25.0 Å². The molecule has 1 fully saturated rings. The molecule has 1 aromatic carbocycles. The number of halogens is 2. The van der Waals surface area contributed by atoms with E-state index in [1.165, 1.54) is 22.9 Å². The first kappa shape index (κ1) is 13.5. The summed E-state index contributed by atoms with van der Waals surface area (Å²) in [5, 5.41) is 9.13. The third-order valence-corrected chi connectivity index (χ3v) is 3.33. The molecule has 0 amide bonds. The van der Waals surface area contributed by atoms with Crippen LogP contribution >= 0.6 is 0 Å². The van der Waals surface area contributed by atoms with Crippen molar-refractivity contribution in [3.05, 3.63) is 40.2 Å². The van der Waals surface area contributed by atoms with E-state index in [1.54, 1.807) is 0 Å². The number of carbonyl (C=O) groups is 1. The zero-order chi connectivity index (χ0) is 15.1. The zero-order valence-corrected chi connectivity index (χ0v) is 10.7. The van der Waals surface area contributed by atoms with Crippen molar-refractivity contribution in [3.8, 4) is 5.75 Å². The first-order chi connectivity index (χ1) is 9.99. The van der Waals surface area contributed by atoms with Gasteiger partial charge in [-0.25, -0.2) is 4.79 Å². The number of ether oxygens (including phenoxy) is 1. The number of aromatic carboxylic acids is 1. The van der Waals surface area contributed by atoms with Crippen LogP contribution in [0.1, 0.15) is 29.2 Å². The summed E-state index contributed by atoms with van der Waals surface area (Å²) in [6.45, 7) is -3.05. The number of fused-ring (bicyclic) bond motifs is 1. The lowest BCUT2D eigenvalue weighted by Crippen LogP contribution is -2.19. The Hall–Kier alpha value is -2.44. The Balaban J connectivity index is 2.35. The number of carboxylic acids is 1. The van der Waals surface area contributed by atoms with E-state index in [0.717, 1.165) is 12.8 Å². The number of pyridine rings is 1. The summed E-state index contributed by atoms with van der Waals surface area (Å²) >= 11 is 0. The summed E-state index contributed by atoms with van der Waals surface area (Å²) < 4.78 is 30.9. The Kier molecular flexibility index (Phi) is 3.12. The molecule has 2 aromatic rings. The van der Waals surface area contributed by atoms with Gasteiger partial charge in [-0.15, -0.1) is 0 Å². The van der Waals surface area contributed by atoms with Crippen LogP contribution in [-0.2, 0) is 0 Å². The van der Waals surface area contributed by atoms with Gasteiger partial charge in [0.1, 0.15) is 5.56 Å². The van der Waals surface area contributed by atoms with Crippen molar-refractivity contribution in [1.29, 1.82) is 0 Å². The van der Waals surface area contributed by atoms with Gasteiger partial charge < -0.3 is 14.4 Å². The van der Waals surface area contributed by atoms with Crippen molar-refractivity contribution in [3.63, 3.8) is 0 Å². The van der Waals surface area contributed by atoms with E-state index in [2.05, 4.69) is 10.8 Å². The smallest absolute Gasteiger partial charge is 0.387 e. The second-order valence-electron chi connectivity index (χ2n) is 4.76. The van der Waals surface area contributed by atoms with Gasteiger partial charge in [0, 0.05) is 18.3 Å². The van der Waals surface area contributed by atoms with Gasteiger partial charge in [0.15, 0.2) is 5.75 Å². The van der Waals surface area contributed by atoms with Crippen LogP contribution < -0.4 is 10.2 Å². The van der Waals surface area contributed by atoms with Gasteiger partial charge in [-0.3, -0.25) is 4.79 Å². The fraction of sp³-hybridized carbons (Fsp3) is 0.286. The highest BCUT2D eigenvalue weighted by Crippen LogP contribution is 2.39. The molecule has 3 rings (SSSR count). The first-order valence-electron chi connectivity index (χ1n) is 6.26. The Morgan fingerprint density at radius 1 is 1.48 bits per heavy atom. The summed E-state index contributed by atoms with van der Waals surface area (Å²) in [7, 11) is 0. The molecular formula is C14H10F2NO4. The zero-order valence-electron chi connectivity index (χ0n) is 10.7. The van der Waals surface area contributed by atoms with Crippen LogP contribution in [0, 0.1) is 6.07 Å². The van der Waals surface area contributed by atoms with Crippen molar-refractivity contribution in [1.82, 2.24) is 4.57 Å². The van der Waals surface area contributed by atoms with Crippen molar-refractivity contribution in [2.45, 2.75) is 25.5 Å². The predicted octanol–water partition coefficient (Wildman–Crippen LogP) is 2.44. The van der Waals surface area contributed by atoms with Gasteiger partial charge in [-0.1, -0.05) is 0 Å². The molecule has 7 heteroatoms. The first-order valence-corrected chi connectivity index (χ1v) is 6.26. The summed E-state index contributed by atoms with van der Waals surface area (Å²) in [5.41, 5.74) is -0.943. The molecule has 1 aliphatic rings. The van der Waals surface area contributed by atoms with Crippen molar-refractivity contribution in [2.75, 3.05) is 0 Å². The van der Waals surface area contributed by atoms with Crippen molar-refractivity contribution < 1.29 is 23.4 Å². The molecule has 1 N–H and O–H groups in total. The van der Waals surface area contributed by atoms with Crippen LogP contribution in [0.15, 0.2) is 23.1 Å². The van der Waals surface area contributed by atoms with Crippen LogP contribution in [0.2, 0.25) is 0 Å². The average Bonchev–Trinajstić information content (AvgIpc) is 3.23. The molecule has 1 aromatic heterocycles. The van der Waals surface area contributed by atoms with E-state index in [-0.39, 0.29) is 28.3 Å². The molecule has 0 aliphatic heterocycles. The quantitative estimate of drug-likeness (QED) is 0.940. The van der Waals surface area contributed by atoms with Crippen LogP contribution in [0.25, 0.3) is 10.9 Å². The normalized spacial score (nSPS) is 14.6. The van der Waals surface area contributed by atoms with Gasteiger partial charge >= 0.3 is 12.6 Å². The van der Waals surface area contributed by atoms with E-state index in [1.807, 2.05) is 0 Å². The Bertz CT molecular complexity index is 780. The van der Waals surface area contributed by atoms with E-state index in [0.29, 0.717) is 0 Å². The molecule has 1 saturated carbocycles. The number of aromatic nitrogens is 1. The minimum absolute atomic E-state index is 0.0120. The Morgan fingerprint density at radius 3 is 2.76 bits per heavy atom. The maximum atomic E-state index is 12.5. The van der Waals surface area contributed by atoms with E-state index in [9.17, 15) is 18.4 Å². The fourth-order valence-electron chi connectivity index (χ4n) is 2.29. The SMILES string of the molecule is O=C(O)c1cn(C2CC2)c2c(OC(F)F)[c]ccc2c1=O. The second kappa shape index (κ2) is 4.83. The average molecular weight is 294 g/mol. The number of nitrogens with zero attached hydrogens (tertiary/aromatic N) is 1. The van der Waals surface area contributed by atoms with E-state index < -0.39 is 18.0 Å². The highest BCUT2D eigenvalue weighted by Gasteiger charge is 2.28. The van der Waals surface area contributed by atoms with Crippen LogP contribution in [0.3, 0.4) is 0 Å². The highest BCUT2D eigenvalue weighted by atomic mass is 19.3. The van der Waals surface area contributed by atoms with Crippen LogP contribution in [0.4, 0.5) is 8.78 Å². The van der Waals surface area contributed by atoms with Crippen molar-refractivity contribution >= 4 is 16.9 Å². The third kappa shape index (κ3) is 2.35. The molecular weight excluding hydrogens is 284 g/mol. The minimum atomic E-state index is -3.05. The molecule has 1 aliphatic carbocycles. The maximum absolute atomic E-state index is 12.5. The number of rotatable bonds is 4. The largest absolute Gasteiger partial charge is 0.477 e. The van der Waals surface area contributed by atoms with Crippen LogP contribution in [-0.4, -0.2) is 22.3 Å². The topological polar surface area (TPSA) is 68.5 Å². The summed E-state index contributed by atoms with van der Waals surface area (Å²) in [4.78, 5) is 23.3. The highest BCUT2D eigenvalue weighted by molar-refractivity contribution is 5.94. The van der Waals surface area contributed by atoms with Gasteiger partial charge in [0.2, 0.25) is 5.43 Å². The van der Waals surface area contributed by atoms with Gasteiger partial charge in [0.25, 0.3) is 0 Å². The van der Waals surface area contributed by atoms with E-state index >= 15 is 0 Å². The lowest BCUT2D eigenvalue weighted by atomic mass is 10.1. The van der Waals surface area contributed by atoms with E-state index in [4.69, 9.17) is 5.11 Å². The Morgan fingerprint density at radius 2 is 2.19 bits per heavy atom. The number of alkyl halides is 2. The lowest BCUT2D eigenvalue weighted by molar-refractivity contribution is -0.0492. The molecule has 5 nitrogen and oxygen atoms in total. The molecule has 21 heavy (non-hydrogen) atoms. The molecule has 0 bridgehead atoms. The standard InChI is InChI=1S/C14H10F2NO4/c15-14(16)21-10-3-1-2-8-11(10)17(7-4-5-7)6-9(12(8)18)13(19)20/h1-2,6-7,14H,4-5H2,(H,19,20). The molecule has 1 heterocycles. The maximum Gasteiger partial charge on any atom is 0.387 e. The molecule has 1 radical (unpaired) electrons. The predicted molar refractivity (Wildman–Crippen MR) is 68.9 cm³/mol. The van der Waals surface area contributed by atoms with Crippen molar-refractivity contribution in [2.24, 2.45) is 0 Å². The minimum Gasteiger partial charge on any atom is -0.477 e. The molecule has 0 atom stereocenters. The van der Waals surface area contributed by atoms with Crippen LogP contribution in [0.5, 0.6) is 5.75 Å². The third-order valence-electron chi connectivity index (χ3n) is 3.33. The molecule has 0 spiro atoms. The number of hydrogen-bond acceptors (Lipinski definition) is 3. The van der Waals surface area contributed by atoms with Gasteiger partial charge in [-0.2, -0.15) is 8.78 Å². The number of benzene rings is 1. The molecule has 109 valence electrons. The monoisotopic (exact) mass is 294 g/mol. The van der Waals surface area contributed by atoms with Gasteiger partial charge in [0.05, 0.1) is 10.9 Å². The molecule has 0 unspecified atom stereocenters.